The van der Waals surface area contributed by atoms with Crippen LogP contribution in [0.3, 0.4) is 0 Å². The predicted octanol–water partition coefficient (Wildman–Crippen LogP) is 3.65. The Bertz CT molecular complexity index is 761. The molecule has 18 heavy (non-hydrogen) atoms. The first-order valence-corrected chi connectivity index (χ1v) is 6.70. The molecule has 5 heteroatoms. The maximum Gasteiger partial charge on any atom is 0.204 e. The number of thiazole rings is 1. The SMILES string of the molecule is Oc1[nH]c(=S)sc1Cc1ccc2ccccc2n1. The molecule has 0 aliphatic heterocycles. The van der Waals surface area contributed by atoms with Gasteiger partial charge in [0.1, 0.15) is 0 Å². The molecule has 3 nitrogen and oxygen atoms in total. The second-order valence-corrected chi connectivity index (χ2v) is 5.73. The van der Waals surface area contributed by atoms with Gasteiger partial charge in [0.2, 0.25) is 5.88 Å². The normalized spacial score (nSPS) is 10.9. The number of rotatable bonds is 2. The Balaban J connectivity index is 2.00. The van der Waals surface area contributed by atoms with E-state index in [1.165, 1.54) is 11.3 Å². The third-order valence-electron chi connectivity index (χ3n) is 2.70. The number of fused-ring (bicyclic) bond motifs is 1. The number of hydrogen-bond donors (Lipinski definition) is 2. The number of nitrogens with one attached hydrogen (secondary N) is 1. The van der Waals surface area contributed by atoms with E-state index in [-0.39, 0.29) is 5.88 Å². The molecule has 0 fully saturated rings. The number of aromatic amines is 1. The summed E-state index contributed by atoms with van der Waals surface area (Å²) in [5.41, 5.74) is 1.89. The molecule has 2 aromatic heterocycles. The first-order valence-electron chi connectivity index (χ1n) is 5.48. The van der Waals surface area contributed by atoms with Crippen molar-refractivity contribution in [2.24, 2.45) is 0 Å². The Morgan fingerprint density at radius 3 is 2.83 bits per heavy atom. The van der Waals surface area contributed by atoms with Crippen molar-refractivity contribution >= 4 is 34.5 Å². The highest BCUT2D eigenvalue weighted by Crippen LogP contribution is 2.24. The van der Waals surface area contributed by atoms with E-state index in [0.29, 0.717) is 10.4 Å². The second kappa shape index (κ2) is 4.51. The van der Waals surface area contributed by atoms with Crippen LogP contribution >= 0.6 is 23.6 Å². The summed E-state index contributed by atoms with van der Waals surface area (Å²) in [7, 11) is 0. The lowest BCUT2D eigenvalue weighted by Crippen LogP contribution is -1.90. The van der Waals surface area contributed by atoms with Gasteiger partial charge in [0.05, 0.1) is 10.4 Å². The lowest BCUT2D eigenvalue weighted by Gasteiger charge is -2.01. The first kappa shape index (κ1) is 11.4. The average Bonchev–Trinajstić information content (AvgIpc) is 2.68. The van der Waals surface area contributed by atoms with Gasteiger partial charge in [-0.15, -0.1) is 11.3 Å². The van der Waals surface area contributed by atoms with Gasteiger partial charge in [-0.3, -0.25) is 4.98 Å². The fourth-order valence-electron chi connectivity index (χ4n) is 1.84. The zero-order chi connectivity index (χ0) is 12.5. The van der Waals surface area contributed by atoms with Crippen LogP contribution in [0.15, 0.2) is 36.4 Å². The van der Waals surface area contributed by atoms with Gasteiger partial charge in [-0.25, -0.2) is 0 Å². The predicted molar refractivity (Wildman–Crippen MR) is 75.7 cm³/mol. The van der Waals surface area contributed by atoms with Crippen molar-refractivity contribution in [2.75, 3.05) is 0 Å². The van der Waals surface area contributed by atoms with Crippen molar-refractivity contribution < 1.29 is 5.11 Å². The van der Waals surface area contributed by atoms with Crippen LogP contribution in [0.2, 0.25) is 0 Å². The van der Waals surface area contributed by atoms with Crippen molar-refractivity contribution in [1.29, 1.82) is 0 Å². The van der Waals surface area contributed by atoms with Crippen molar-refractivity contribution in [3.63, 3.8) is 0 Å². The molecule has 90 valence electrons. The number of hydrogen-bond acceptors (Lipinski definition) is 4. The molecule has 0 bridgehead atoms. The van der Waals surface area contributed by atoms with Gasteiger partial charge >= 0.3 is 0 Å². The summed E-state index contributed by atoms with van der Waals surface area (Å²) >= 11 is 6.38. The van der Waals surface area contributed by atoms with Crippen molar-refractivity contribution in [1.82, 2.24) is 9.97 Å². The van der Waals surface area contributed by atoms with E-state index in [1.807, 2.05) is 36.4 Å². The molecule has 3 aromatic rings. The third-order valence-corrected chi connectivity index (χ3v) is 3.92. The molecule has 0 radical (unpaired) electrons. The Morgan fingerprint density at radius 2 is 2.06 bits per heavy atom. The highest BCUT2D eigenvalue weighted by molar-refractivity contribution is 7.73. The molecule has 0 amide bonds. The van der Waals surface area contributed by atoms with Crippen LogP contribution in [0.1, 0.15) is 10.6 Å². The van der Waals surface area contributed by atoms with Crippen LogP contribution < -0.4 is 0 Å². The van der Waals surface area contributed by atoms with Crippen molar-refractivity contribution in [3.05, 3.63) is 50.9 Å². The quantitative estimate of drug-likeness (QED) is 0.701. The van der Waals surface area contributed by atoms with E-state index in [2.05, 4.69) is 9.97 Å². The van der Waals surface area contributed by atoms with Crippen molar-refractivity contribution in [3.8, 4) is 5.88 Å². The molecule has 0 saturated heterocycles. The summed E-state index contributed by atoms with van der Waals surface area (Å²) < 4.78 is 0.586. The molecular weight excluding hydrogens is 264 g/mol. The Morgan fingerprint density at radius 1 is 1.22 bits per heavy atom. The highest BCUT2D eigenvalue weighted by atomic mass is 32.1. The third kappa shape index (κ3) is 2.14. The Hall–Kier alpha value is -1.72. The standard InChI is InChI=1S/C13H10N2OS2/c16-12-11(18-13(17)15-12)7-9-6-5-8-3-1-2-4-10(8)14-9/h1-6,16H,7H2,(H,15,17). The van der Waals surface area contributed by atoms with Crippen LogP contribution in [0.5, 0.6) is 5.88 Å². The monoisotopic (exact) mass is 274 g/mol. The molecule has 3 rings (SSSR count). The number of nitrogens with zero attached hydrogens (tertiary/aromatic N) is 1. The summed E-state index contributed by atoms with van der Waals surface area (Å²) in [5, 5.41) is 10.8. The van der Waals surface area contributed by atoms with E-state index in [1.54, 1.807) is 0 Å². The number of benzene rings is 1. The fourth-order valence-corrected chi connectivity index (χ4v) is 2.98. The van der Waals surface area contributed by atoms with Crippen LogP contribution in [-0.4, -0.2) is 15.1 Å². The number of aromatic nitrogens is 2. The molecule has 2 heterocycles. The molecule has 0 unspecified atom stereocenters. The number of aromatic hydroxyl groups is 1. The summed E-state index contributed by atoms with van der Waals surface area (Å²) in [6.45, 7) is 0. The minimum Gasteiger partial charge on any atom is -0.494 e. The van der Waals surface area contributed by atoms with Gasteiger partial charge in [-0.2, -0.15) is 0 Å². The number of H-pyrrole nitrogens is 1. The van der Waals surface area contributed by atoms with Gasteiger partial charge < -0.3 is 10.1 Å². The zero-order valence-electron chi connectivity index (χ0n) is 9.38. The molecule has 1 aromatic carbocycles. The van der Waals surface area contributed by atoms with E-state index in [0.717, 1.165) is 21.5 Å². The average molecular weight is 274 g/mol. The minimum absolute atomic E-state index is 0.153. The van der Waals surface area contributed by atoms with Gasteiger partial charge in [-0.05, 0) is 24.4 Å². The largest absolute Gasteiger partial charge is 0.494 e. The highest BCUT2D eigenvalue weighted by Gasteiger charge is 2.07. The lowest BCUT2D eigenvalue weighted by atomic mass is 10.2. The number of pyridine rings is 1. The van der Waals surface area contributed by atoms with Crippen LogP contribution in [0, 0.1) is 3.95 Å². The molecule has 0 saturated carbocycles. The second-order valence-electron chi connectivity index (χ2n) is 3.96. The maximum atomic E-state index is 9.67. The van der Waals surface area contributed by atoms with Gasteiger partial charge in [-0.1, -0.05) is 24.3 Å². The van der Waals surface area contributed by atoms with E-state index in [4.69, 9.17) is 12.2 Å². The Kier molecular flexibility index (Phi) is 2.85. The first-order chi connectivity index (χ1) is 8.72. The minimum atomic E-state index is 0.153. The van der Waals surface area contributed by atoms with Crippen LogP contribution in [0.25, 0.3) is 10.9 Å². The summed E-state index contributed by atoms with van der Waals surface area (Å²) in [6.07, 6.45) is 0.592. The summed E-state index contributed by atoms with van der Waals surface area (Å²) in [6, 6.07) is 12.0. The van der Waals surface area contributed by atoms with E-state index in [9.17, 15) is 5.11 Å². The fraction of sp³-hybridized carbons (Fsp3) is 0.0769. The molecule has 0 aliphatic carbocycles. The van der Waals surface area contributed by atoms with Gasteiger partial charge in [0.25, 0.3) is 0 Å². The summed E-state index contributed by atoms with van der Waals surface area (Å²) in [5.74, 6) is 0.153. The summed E-state index contributed by atoms with van der Waals surface area (Å²) in [4.78, 5) is 8.12. The molecule has 0 aliphatic rings. The van der Waals surface area contributed by atoms with Crippen molar-refractivity contribution in [2.45, 2.75) is 6.42 Å². The zero-order valence-corrected chi connectivity index (χ0v) is 11.0. The maximum absolute atomic E-state index is 9.67. The van der Waals surface area contributed by atoms with Crippen LogP contribution in [-0.2, 0) is 6.42 Å². The van der Waals surface area contributed by atoms with E-state index < -0.39 is 0 Å². The topological polar surface area (TPSA) is 48.9 Å². The molecular formula is C13H10N2OS2. The lowest BCUT2D eigenvalue weighted by molar-refractivity contribution is 0.451. The molecule has 0 atom stereocenters. The van der Waals surface area contributed by atoms with Gasteiger partial charge in [0, 0.05) is 17.5 Å². The van der Waals surface area contributed by atoms with E-state index >= 15 is 0 Å². The van der Waals surface area contributed by atoms with Gasteiger partial charge in [0.15, 0.2) is 3.95 Å². The smallest absolute Gasteiger partial charge is 0.204 e. The number of para-hydroxylation sites is 1. The molecule has 2 N–H and O–H groups in total. The Labute approximate surface area is 113 Å². The van der Waals surface area contributed by atoms with Crippen LogP contribution in [0.4, 0.5) is 0 Å². The molecule has 0 spiro atoms.